The van der Waals surface area contributed by atoms with E-state index in [9.17, 15) is 9.59 Å². The zero-order valence-corrected chi connectivity index (χ0v) is 9.82. The Morgan fingerprint density at radius 2 is 1.94 bits per heavy atom. The first-order chi connectivity index (χ1) is 7.70. The molecule has 0 saturated heterocycles. The highest BCUT2D eigenvalue weighted by Crippen LogP contribution is 2.29. The van der Waals surface area contributed by atoms with E-state index in [2.05, 4.69) is 0 Å². The fraction of sp³-hybridized carbons (Fsp3) is 0.667. The van der Waals surface area contributed by atoms with Crippen molar-refractivity contribution in [2.75, 3.05) is 13.2 Å². The largest absolute Gasteiger partial charge is 0.500 e. The van der Waals surface area contributed by atoms with E-state index in [1.165, 1.54) is 6.26 Å². The van der Waals surface area contributed by atoms with Crippen molar-refractivity contribution in [1.82, 2.24) is 0 Å². The maximum absolute atomic E-state index is 11.9. The Labute approximate surface area is 95.6 Å². The van der Waals surface area contributed by atoms with Gasteiger partial charge in [0.2, 0.25) is 0 Å². The van der Waals surface area contributed by atoms with Crippen molar-refractivity contribution in [3.05, 3.63) is 11.8 Å². The molecule has 4 heteroatoms. The lowest BCUT2D eigenvalue weighted by Crippen LogP contribution is -2.27. The van der Waals surface area contributed by atoms with Gasteiger partial charge in [-0.15, -0.1) is 0 Å². The molecular formula is C12H18O4. The van der Waals surface area contributed by atoms with Crippen LogP contribution in [0.1, 0.15) is 33.1 Å². The minimum absolute atomic E-state index is 0.0175. The monoisotopic (exact) mass is 226 g/mol. The number of rotatable bonds is 6. The Balaban J connectivity index is 2.69. The third-order valence-corrected chi connectivity index (χ3v) is 2.60. The molecule has 0 heterocycles. The lowest BCUT2D eigenvalue weighted by Gasteiger charge is -2.24. The van der Waals surface area contributed by atoms with Crippen molar-refractivity contribution in [3.63, 3.8) is 0 Å². The highest BCUT2D eigenvalue weighted by Gasteiger charge is 2.31. The summed E-state index contributed by atoms with van der Waals surface area (Å²) in [6, 6.07) is 0. The van der Waals surface area contributed by atoms with Crippen molar-refractivity contribution in [1.29, 1.82) is 0 Å². The summed E-state index contributed by atoms with van der Waals surface area (Å²) in [4.78, 5) is 23.4. The molecule has 90 valence electrons. The molecule has 0 aliphatic heterocycles. The van der Waals surface area contributed by atoms with Crippen LogP contribution < -0.4 is 0 Å². The summed E-state index contributed by atoms with van der Waals surface area (Å²) in [6.07, 6.45) is 4.02. The van der Waals surface area contributed by atoms with E-state index < -0.39 is 5.97 Å². The third-order valence-electron chi connectivity index (χ3n) is 2.60. The first-order valence-corrected chi connectivity index (χ1v) is 5.73. The lowest BCUT2D eigenvalue weighted by molar-refractivity contribution is -0.141. The van der Waals surface area contributed by atoms with E-state index in [0.29, 0.717) is 6.61 Å². The average Bonchev–Trinajstić information content (AvgIpc) is 2.16. The highest BCUT2D eigenvalue weighted by molar-refractivity contribution is 6.18. The smallest absolute Gasteiger partial charge is 0.344 e. The van der Waals surface area contributed by atoms with E-state index in [1.807, 2.05) is 0 Å². The molecule has 0 amide bonds. The molecule has 1 aliphatic rings. The van der Waals surface area contributed by atoms with Crippen LogP contribution in [0.2, 0.25) is 0 Å². The second-order valence-corrected chi connectivity index (χ2v) is 3.70. The number of esters is 1. The van der Waals surface area contributed by atoms with Crippen molar-refractivity contribution >= 4 is 11.8 Å². The van der Waals surface area contributed by atoms with Gasteiger partial charge in [-0.25, -0.2) is 4.79 Å². The zero-order chi connectivity index (χ0) is 12.0. The normalized spacial score (nSPS) is 16.5. The van der Waals surface area contributed by atoms with Gasteiger partial charge in [0.1, 0.15) is 11.8 Å². The molecule has 0 N–H and O–H groups in total. The van der Waals surface area contributed by atoms with Gasteiger partial charge >= 0.3 is 5.97 Å². The topological polar surface area (TPSA) is 52.6 Å². The zero-order valence-electron chi connectivity index (χ0n) is 9.82. The molecule has 0 spiro atoms. The summed E-state index contributed by atoms with van der Waals surface area (Å²) >= 11 is 0. The van der Waals surface area contributed by atoms with Crippen LogP contribution >= 0.6 is 0 Å². The van der Waals surface area contributed by atoms with Crippen LogP contribution in [0.4, 0.5) is 0 Å². The van der Waals surface area contributed by atoms with Crippen LogP contribution in [0.3, 0.4) is 0 Å². The Morgan fingerprint density at radius 3 is 2.38 bits per heavy atom. The summed E-state index contributed by atoms with van der Waals surface area (Å²) in [5.41, 5.74) is 0.0494. The number of carbonyl (C=O) groups is 2. The quantitative estimate of drug-likeness (QED) is 0.228. The Morgan fingerprint density at radius 1 is 1.25 bits per heavy atom. The van der Waals surface area contributed by atoms with E-state index in [-0.39, 0.29) is 23.9 Å². The fourth-order valence-corrected chi connectivity index (χ4v) is 1.47. The van der Waals surface area contributed by atoms with Gasteiger partial charge in [-0.2, -0.15) is 0 Å². The van der Waals surface area contributed by atoms with E-state index in [4.69, 9.17) is 9.47 Å². The minimum atomic E-state index is -0.576. The van der Waals surface area contributed by atoms with E-state index in [0.717, 1.165) is 19.3 Å². The first kappa shape index (κ1) is 12.7. The van der Waals surface area contributed by atoms with Crippen LogP contribution in [-0.4, -0.2) is 25.0 Å². The van der Waals surface area contributed by atoms with Crippen molar-refractivity contribution < 1.29 is 19.1 Å². The predicted octanol–water partition coefficient (Wildman–Crippen LogP) is 1.84. The molecule has 1 aliphatic carbocycles. The van der Waals surface area contributed by atoms with Crippen LogP contribution in [0.5, 0.6) is 0 Å². The standard InChI is InChI=1S/C12H18O4/c1-3-15-8-10(12(14)16-4-2)11(13)9-6-5-7-9/h8-9H,3-7H2,1-2H3/b10-8-. The molecule has 16 heavy (non-hydrogen) atoms. The summed E-state index contributed by atoms with van der Waals surface area (Å²) < 4.78 is 9.85. The van der Waals surface area contributed by atoms with Gasteiger partial charge < -0.3 is 9.47 Å². The number of ketones is 1. The number of hydrogen-bond acceptors (Lipinski definition) is 4. The van der Waals surface area contributed by atoms with Crippen molar-refractivity contribution in [2.45, 2.75) is 33.1 Å². The third kappa shape index (κ3) is 3.08. The number of ether oxygens (including phenoxy) is 2. The van der Waals surface area contributed by atoms with Gasteiger partial charge in [-0.05, 0) is 26.7 Å². The lowest BCUT2D eigenvalue weighted by atomic mass is 9.80. The molecule has 1 rings (SSSR count). The molecule has 0 radical (unpaired) electrons. The molecule has 1 saturated carbocycles. The molecule has 0 aromatic rings. The predicted molar refractivity (Wildman–Crippen MR) is 58.7 cm³/mol. The van der Waals surface area contributed by atoms with Gasteiger partial charge in [-0.1, -0.05) is 6.42 Å². The summed E-state index contributed by atoms with van der Waals surface area (Å²) in [5, 5.41) is 0. The van der Waals surface area contributed by atoms with E-state index in [1.54, 1.807) is 13.8 Å². The Kier molecular flexibility index (Phi) is 5.02. The van der Waals surface area contributed by atoms with Crippen molar-refractivity contribution in [2.24, 2.45) is 5.92 Å². The molecular weight excluding hydrogens is 208 g/mol. The van der Waals surface area contributed by atoms with Crippen LogP contribution in [0.25, 0.3) is 0 Å². The fourth-order valence-electron chi connectivity index (χ4n) is 1.47. The molecule has 0 atom stereocenters. The molecule has 0 bridgehead atoms. The SMILES string of the molecule is CCO/C=C(\C(=O)OCC)C(=O)C1CCC1. The summed E-state index contributed by atoms with van der Waals surface area (Å²) in [6.45, 7) is 4.21. The van der Waals surface area contributed by atoms with Crippen LogP contribution in [0, 0.1) is 5.92 Å². The first-order valence-electron chi connectivity index (χ1n) is 5.73. The van der Waals surface area contributed by atoms with Gasteiger partial charge in [-0.3, -0.25) is 4.79 Å². The molecule has 0 aromatic carbocycles. The number of Topliss-reactive ketones (excluding diaryl/α,β-unsaturated/α-hetero) is 1. The van der Waals surface area contributed by atoms with Gasteiger partial charge in [0, 0.05) is 5.92 Å². The Hall–Kier alpha value is -1.32. The number of carbonyl (C=O) groups excluding carboxylic acids is 2. The molecule has 0 unspecified atom stereocenters. The van der Waals surface area contributed by atoms with E-state index >= 15 is 0 Å². The van der Waals surface area contributed by atoms with Crippen LogP contribution in [0.15, 0.2) is 11.8 Å². The Bertz CT molecular complexity index is 289. The second-order valence-electron chi connectivity index (χ2n) is 3.70. The average molecular weight is 226 g/mol. The minimum Gasteiger partial charge on any atom is -0.500 e. The highest BCUT2D eigenvalue weighted by atomic mass is 16.5. The van der Waals surface area contributed by atoms with Crippen LogP contribution in [-0.2, 0) is 19.1 Å². The summed E-state index contributed by atoms with van der Waals surface area (Å²) in [7, 11) is 0. The van der Waals surface area contributed by atoms with Gasteiger partial charge in [0.25, 0.3) is 0 Å². The number of hydrogen-bond donors (Lipinski definition) is 0. The van der Waals surface area contributed by atoms with Gasteiger partial charge in [0.15, 0.2) is 5.78 Å². The maximum Gasteiger partial charge on any atom is 0.344 e. The molecule has 0 aromatic heterocycles. The maximum atomic E-state index is 11.9. The molecule has 4 nitrogen and oxygen atoms in total. The summed E-state index contributed by atoms with van der Waals surface area (Å²) in [5.74, 6) is -0.734. The molecule has 1 fully saturated rings. The second kappa shape index (κ2) is 6.30. The van der Waals surface area contributed by atoms with Crippen molar-refractivity contribution in [3.8, 4) is 0 Å². The van der Waals surface area contributed by atoms with Gasteiger partial charge in [0.05, 0.1) is 13.2 Å².